The molecule has 4 rings (SSSR count). The highest BCUT2D eigenvalue weighted by Gasteiger charge is 2.23. The van der Waals surface area contributed by atoms with Crippen LogP contribution in [0, 0.1) is 5.92 Å². The predicted molar refractivity (Wildman–Crippen MR) is 114 cm³/mol. The van der Waals surface area contributed by atoms with Gasteiger partial charge in [-0.2, -0.15) is 4.80 Å². The summed E-state index contributed by atoms with van der Waals surface area (Å²) in [5.74, 6) is 1.62. The molecule has 8 nitrogen and oxygen atoms in total. The van der Waals surface area contributed by atoms with Crippen LogP contribution in [0.3, 0.4) is 0 Å². The smallest absolute Gasteiger partial charge is 0.222 e. The van der Waals surface area contributed by atoms with E-state index in [0.29, 0.717) is 18.8 Å². The first-order valence-corrected chi connectivity index (χ1v) is 11.2. The first kappa shape index (κ1) is 20.9. The van der Waals surface area contributed by atoms with Gasteiger partial charge < -0.3 is 9.64 Å². The van der Waals surface area contributed by atoms with Crippen molar-refractivity contribution >= 4 is 5.91 Å². The number of tetrazole rings is 1. The molecule has 0 aliphatic carbocycles. The van der Waals surface area contributed by atoms with E-state index in [0.717, 1.165) is 76.7 Å². The summed E-state index contributed by atoms with van der Waals surface area (Å²) in [4.78, 5) is 18.7. The van der Waals surface area contributed by atoms with Gasteiger partial charge in [0.05, 0.1) is 19.8 Å². The third kappa shape index (κ3) is 5.86. The first-order valence-electron chi connectivity index (χ1n) is 11.2. The minimum absolute atomic E-state index is 0.255. The molecule has 0 radical (unpaired) electrons. The normalized spacial score (nSPS) is 18.6. The Hall–Kier alpha value is -2.32. The van der Waals surface area contributed by atoms with Crippen molar-refractivity contribution in [1.82, 2.24) is 30.0 Å². The van der Waals surface area contributed by atoms with E-state index >= 15 is 0 Å². The molecule has 0 saturated carbocycles. The number of amides is 1. The zero-order valence-corrected chi connectivity index (χ0v) is 17.7. The Morgan fingerprint density at radius 3 is 2.57 bits per heavy atom. The van der Waals surface area contributed by atoms with Crippen LogP contribution >= 0.6 is 0 Å². The van der Waals surface area contributed by atoms with Gasteiger partial charge >= 0.3 is 0 Å². The summed E-state index contributed by atoms with van der Waals surface area (Å²) in [5, 5.41) is 12.6. The Kier molecular flexibility index (Phi) is 7.42. The molecule has 0 bridgehead atoms. The maximum Gasteiger partial charge on any atom is 0.222 e. The van der Waals surface area contributed by atoms with Crippen molar-refractivity contribution < 1.29 is 9.53 Å². The largest absolute Gasteiger partial charge is 0.379 e. The fourth-order valence-electron chi connectivity index (χ4n) is 4.23. The van der Waals surface area contributed by atoms with Crippen LogP contribution in [0.15, 0.2) is 30.3 Å². The van der Waals surface area contributed by atoms with Crippen LogP contribution in [0.25, 0.3) is 11.4 Å². The Morgan fingerprint density at radius 2 is 1.80 bits per heavy atom. The number of piperidine rings is 1. The third-order valence-electron chi connectivity index (χ3n) is 6.16. The molecule has 2 aliphatic rings. The zero-order chi connectivity index (χ0) is 20.6. The fraction of sp³-hybridized carbons (Fsp3) is 0.636. The molecular weight excluding hydrogens is 380 g/mol. The van der Waals surface area contributed by atoms with Gasteiger partial charge in [-0.25, -0.2) is 0 Å². The van der Waals surface area contributed by atoms with Gasteiger partial charge in [0.15, 0.2) is 0 Å². The summed E-state index contributed by atoms with van der Waals surface area (Å²) >= 11 is 0. The summed E-state index contributed by atoms with van der Waals surface area (Å²) in [5.41, 5.74) is 0.955. The fourth-order valence-corrected chi connectivity index (χ4v) is 4.23. The molecule has 30 heavy (non-hydrogen) atoms. The molecule has 2 fully saturated rings. The average molecular weight is 413 g/mol. The van der Waals surface area contributed by atoms with E-state index in [1.165, 1.54) is 6.42 Å². The SMILES string of the molecule is O=C(CCCn1nnc(-c2ccccc2)n1)N1CCC(CCN2CCOCC2)CC1. The van der Waals surface area contributed by atoms with E-state index in [1.54, 1.807) is 4.80 Å². The van der Waals surface area contributed by atoms with Gasteiger partial charge in [-0.1, -0.05) is 30.3 Å². The molecule has 1 aromatic carbocycles. The highest BCUT2D eigenvalue weighted by molar-refractivity contribution is 5.76. The van der Waals surface area contributed by atoms with Gasteiger partial charge in [0, 0.05) is 38.2 Å². The number of nitrogens with zero attached hydrogens (tertiary/aromatic N) is 6. The summed E-state index contributed by atoms with van der Waals surface area (Å²) in [6.45, 7) is 7.42. The van der Waals surface area contributed by atoms with Crippen LogP contribution in [0.4, 0.5) is 0 Å². The Bertz CT molecular complexity index is 782. The molecule has 0 atom stereocenters. The Labute approximate surface area is 178 Å². The highest BCUT2D eigenvalue weighted by atomic mass is 16.5. The lowest BCUT2D eigenvalue weighted by Crippen LogP contribution is -2.40. The minimum Gasteiger partial charge on any atom is -0.379 e. The molecule has 2 saturated heterocycles. The number of aromatic nitrogens is 4. The lowest BCUT2D eigenvalue weighted by atomic mass is 9.93. The maximum atomic E-state index is 12.6. The van der Waals surface area contributed by atoms with Gasteiger partial charge in [0.2, 0.25) is 11.7 Å². The van der Waals surface area contributed by atoms with Gasteiger partial charge in [-0.15, -0.1) is 10.2 Å². The molecule has 0 unspecified atom stereocenters. The molecule has 1 amide bonds. The number of carbonyl (C=O) groups excluding carboxylic acids is 1. The number of aryl methyl sites for hydroxylation is 1. The van der Waals surface area contributed by atoms with Gasteiger partial charge in [-0.3, -0.25) is 9.69 Å². The number of morpholine rings is 1. The number of hydrogen-bond acceptors (Lipinski definition) is 6. The van der Waals surface area contributed by atoms with Crippen molar-refractivity contribution in [3.63, 3.8) is 0 Å². The van der Waals surface area contributed by atoms with E-state index in [9.17, 15) is 4.79 Å². The lowest BCUT2D eigenvalue weighted by molar-refractivity contribution is -0.132. The second kappa shape index (κ2) is 10.6. The molecule has 3 heterocycles. The van der Waals surface area contributed by atoms with Gasteiger partial charge in [-0.05, 0) is 43.4 Å². The van der Waals surface area contributed by atoms with E-state index in [1.807, 2.05) is 35.2 Å². The first-order chi connectivity index (χ1) is 14.8. The molecule has 8 heteroatoms. The van der Waals surface area contributed by atoms with E-state index in [-0.39, 0.29) is 5.91 Å². The maximum absolute atomic E-state index is 12.6. The molecule has 162 valence electrons. The van der Waals surface area contributed by atoms with Crippen LogP contribution in [0.1, 0.15) is 32.1 Å². The standard InChI is InChI=1S/C22H32N6O2/c29-21(7-4-11-28-24-22(23-25-28)20-5-2-1-3-6-20)27-13-9-19(10-14-27)8-12-26-15-17-30-18-16-26/h1-3,5-6,19H,4,7-18H2. The van der Waals surface area contributed by atoms with E-state index in [4.69, 9.17) is 4.74 Å². The predicted octanol–water partition coefficient (Wildman–Crippen LogP) is 2.08. The van der Waals surface area contributed by atoms with Crippen molar-refractivity contribution in [3.8, 4) is 11.4 Å². The van der Waals surface area contributed by atoms with Crippen LogP contribution < -0.4 is 0 Å². The van der Waals surface area contributed by atoms with Crippen LogP contribution in [-0.4, -0.2) is 81.9 Å². The lowest BCUT2D eigenvalue weighted by Gasteiger charge is -2.34. The molecule has 2 aromatic rings. The highest BCUT2D eigenvalue weighted by Crippen LogP contribution is 2.22. The molecular formula is C22H32N6O2. The molecule has 1 aromatic heterocycles. The Morgan fingerprint density at radius 1 is 1.03 bits per heavy atom. The van der Waals surface area contributed by atoms with Crippen molar-refractivity contribution in [2.75, 3.05) is 45.9 Å². The Balaban J connectivity index is 1.13. The van der Waals surface area contributed by atoms with Gasteiger partial charge in [0.25, 0.3) is 0 Å². The number of hydrogen-bond donors (Lipinski definition) is 0. The average Bonchev–Trinajstić information content (AvgIpc) is 3.28. The van der Waals surface area contributed by atoms with Crippen LogP contribution in [0.5, 0.6) is 0 Å². The molecule has 0 N–H and O–H groups in total. The number of rotatable bonds is 8. The number of carbonyl (C=O) groups is 1. The van der Waals surface area contributed by atoms with Crippen molar-refractivity contribution in [1.29, 1.82) is 0 Å². The van der Waals surface area contributed by atoms with E-state index in [2.05, 4.69) is 20.3 Å². The zero-order valence-electron chi connectivity index (χ0n) is 17.7. The quantitative estimate of drug-likeness (QED) is 0.661. The van der Waals surface area contributed by atoms with Crippen LogP contribution in [-0.2, 0) is 16.1 Å². The summed E-state index contributed by atoms with van der Waals surface area (Å²) in [6, 6.07) is 9.82. The monoisotopic (exact) mass is 412 g/mol. The van der Waals surface area contributed by atoms with Crippen molar-refractivity contribution in [2.24, 2.45) is 5.92 Å². The number of likely N-dealkylation sites (tertiary alicyclic amines) is 1. The second-order valence-corrected chi connectivity index (χ2v) is 8.25. The van der Waals surface area contributed by atoms with Crippen molar-refractivity contribution in [2.45, 2.75) is 38.6 Å². The second-order valence-electron chi connectivity index (χ2n) is 8.25. The topological polar surface area (TPSA) is 76.4 Å². The summed E-state index contributed by atoms with van der Waals surface area (Å²) < 4.78 is 5.42. The van der Waals surface area contributed by atoms with Gasteiger partial charge in [0.1, 0.15) is 0 Å². The summed E-state index contributed by atoms with van der Waals surface area (Å²) in [7, 11) is 0. The number of ether oxygens (including phenoxy) is 1. The van der Waals surface area contributed by atoms with Crippen LogP contribution in [0.2, 0.25) is 0 Å². The minimum atomic E-state index is 0.255. The van der Waals surface area contributed by atoms with Crippen molar-refractivity contribution in [3.05, 3.63) is 30.3 Å². The number of benzene rings is 1. The molecule has 0 spiro atoms. The van der Waals surface area contributed by atoms with E-state index < -0.39 is 0 Å². The summed E-state index contributed by atoms with van der Waals surface area (Å²) in [6.07, 6.45) is 4.77. The third-order valence-corrected chi connectivity index (χ3v) is 6.16. The molecule has 2 aliphatic heterocycles.